The smallest absolute Gasteiger partial charge is 0.245 e. The lowest BCUT2D eigenvalue weighted by molar-refractivity contribution is -0.135. The number of carbonyl (C=O) groups is 2. The van der Waals surface area contributed by atoms with Crippen LogP contribution in [-0.4, -0.2) is 28.9 Å². The molecule has 2 amide bonds. The fraction of sp³-hybridized carbons (Fsp3) is 0.500. The standard InChI is InChI=1S/C32H39N3O2/c1-32(19-26-20-34-29-10-6-5-9-27(26)29,31(37)33-12-11-21-7-3-2-4-8-21)35-30(36)18-28-24-14-22-13-23(16-24)17-25(28)15-22/h2-10,20,22-25,28,34H,11-19H2,1H3,(H,33,37)(H,35,36). The molecule has 1 aromatic heterocycles. The lowest BCUT2D eigenvalue weighted by Crippen LogP contribution is -2.59. The van der Waals surface area contributed by atoms with Gasteiger partial charge in [0.1, 0.15) is 5.54 Å². The third-order valence-electron chi connectivity index (χ3n) is 9.52. The molecule has 0 radical (unpaired) electrons. The molecular formula is C32H39N3O2. The van der Waals surface area contributed by atoms with Crippen molar-refractivity contribution < 1.29 is 9.59 Å². The number of rotatable bonds is 9. The maximum Gasteiger partial charge on any atom is 0.245 e. The van der Waals surface area contributed by atoms with Crippen molar-refractivity contribution in [3.05, 3.63) is 71.9 Å². The minimum atomic E-state index is -1.02. The van der Waals surface area contributed by atoms with Gasteiger partial charge in [-0.3, -0.25) is 9.59 Å². The Hall–Kier alpha value is -3.08. The van der Waals surface area contributed by atoms with Gasteiger partial charge in [-0.25, -0.2) is 0 Å². The summed E-state index contributed by atoms with van der Waals surface area (Å²) in [6.07, 6.45) is 10.4. The second kappa shape index (κ2) is 10.00. The van der Waals surface area contributed by atoms with E-state index in [-0.39, 0.29) is 11.8 Å². The molecule has 4 aliphatic rings. The van der Waals surface area contributed by atoms with Crippen molar-refractivity contribution >= 4 is 22.7 Å². The Morgan fingerprint density at radius 3 is 2.32 bits per heavy atom. The van der Waals surface area contributed by atoms with Gasteiger partial charge in [0, 0.05) is 36.5 Å². The van der Waals surface area contributed by atoms with Crippen LogP contribution in [0, 0.1) is 29.6 Å². The van der Waals surface area contributed by atoms with E-state index < -0.39 is 5.54 Å². The zero-order valence-electron chi connectivity index (χ0n) is 21.8. The molecule has 3 N–H and O–H groups in total. The van der Waals surface area contributed by atoms with Gasteiger partial charge >= 0.3 is 0 Å². The van der Waals surface area contributed by atoms with Gasteiger partial charge in [0.2, 0.25) is 11.8 Å². The van der Waals surface area contributed by atoms with E-state index in [4.69, 9.17) is 0 Å². The molecule has 1 heterocycles. The van der Waals surface area contributed by atoms with Gasteiger partial charge in [0.15, 0.2) is 0 Å². The summed E-state index contributed by atoms with van der Waals surface area (Å²) in [5.41, 5.74) is 2.26. The molecule has 1 unspecified atom stereocenters. The molecule has 2 aromatic carbocycles. The highest BCUT2D eigenvalue weighted by Gasteiger charge is 2.49. The predicted octanol–water partition coefficient (Wildman–Crippen LogP) is 5.41. The van der Waals surface area contributed by atoms with Crippen LogP contribution in [0.4, 0.5) is 0 Å². The van der Waals surface area contributed by atoms with E-state index in [1.807, 2.05) is 49.5 Å². The summed E-state index contributed by atoms with van der Waals surface area (Å²) >= 11 is 0. The second-order valence-corrected chi connectivity index (χ2v) is 12.2. The number of H-pyrrole nitrogens is 1. The molecule has 3 aromatic rings. The molecule has 5 nitrogen and oxygen atoms in total. The summed E-state index contributed by atoms with van der Waals surface area (Å²) in [6, 6.07) is 18.3. The van der Waals surface area contributed by atoms with Gasteiger partial charge in [-0.05, 0) is 92.2 Å². The molecule has 0 saturated heterocycles. The molecule has 4 fully saturated rings. The SMILES string of the molecule is CC(Cc1c[nH]c2ccccc12)(NC(=O)CC1C2CC3CC(C2)CC1C3)C(=O)NCCc1ccccc1. The fourth-order valence-corrected chi connectivity index (χ4v) is 7.94. The van der Waals surface area contributed by atoms with Gasteiger partial charge < -0.3 is 15.6 Å². The van der Waals surface area contributed by atoms with E-state index in [9.17, 15) is 9.59 Å². The Kier molecular flexibility index (Phi) is 6.56. The number of fused-ring (bicyclic) bond motifs is 1. The first-order valence-corrected chi connectivity index (χ1v) is 14.1. The topological polar surface area (TPSA) is 74.0 Å². The lowest BCUT2D eigenvalue weighted by atomic mass is 9.51. The molecule has 4 saturated carbocycles. The molecule has 5 heteroatoms. The molecule has 4 aliphatic carbocycles. The molecule has 0 aliphatic heterocycles. The van der Waals surface area contributed by atoms with Gasteiger partial charge in [-0.1, -0.05) is 48.5 Å². The molecular weight excluding hydrogens is 458 g/mol. The van der Waals surface area contributed by atoms with E-state index in [1.165, 1.54) is 37.7 Å². The van der Waals surface area contributed by atoms with Crippen LogP contribution in [0.5, 0.6) is 0 Å². The molecule has 0 spiro atoms. The minimum Gasteiger partial charge on any atom is -0.361 e. The van der Waals surface area contributed by atoms with Crippen molar-refractivity contribution in [1.82, 2.24) is 15.6 Å². The number of para-hydroxylation sites is 1. The Balaban J connectivity index is 1.17. The number of nitrogens with one attached hydrogen (secondary N) is 3. The normalized spacial score (nSPS) is 27.6. The Bertz CT molecular complexity index is 1240. The van der Waals surface area contributed by atoms with Crippen LogP contribution in [0.1, 0.15) is 56.6 Å². The van der Waals surface area contributed by atoms with E-state index in [0.717, 1.165) is 34.7 Å². The molecule has 37 heavy (non-hydrogen) atoms. The zero-order valence-corrected chi connectivity index (χ0v) is 21.8. The van der Waals surface area contributed by atoms with Crippen molar-refractivity contribution in [2.75, 3.05) is 6.54 Å². The second-order valence-electron chi connectivity index (χ2n) is 12.2. The Morgan fingerprint density at radius 2 is 1.59 bits per heavy atom. The van der Waals surface area contributed by atoms with Crippen LogP contribution in [-0.2, 0) is 22.4 Å². The van der Waals surface area contributed by atoms with Crippen molar-refractivity contribution in [2.24, 2.45) is 29.6 Å². The summed E-state index contributed by atoms with van der Waals surface area (Å²) in [5, 5.41) is 7.47. The average molecular weight is 498 g/mol. The van der Waals surface area contributed by atoms with Crippen molar-refractivity contribution in [1.29, 1.82) is 0 Å². The highest BCUT2D eigenvalue weighted by Crippen LogP contribution is 2.57. The highest BCUT2D eigenvalue weighted by atomic mass is 16.2. The summed E-state index contributed by atoms with van der Waals surface area (Å²) in [5.74, 6) is 3.56. The Labute approximate surface area is 219 Å². The highest BCUT2D eigenvalue weighted by molar-refractivity contribution is 5.92. The van der Waals surface area contributed by atoms with Crippen LogP contribution in [0.25, 0.3) is 10.9 Å². The molecule has 1 atom stereocenters. The minimum absolute atomic E-state index is 0.0259. The molecule has 4 bridgehead atoms. The van der Waals surface area contributed by atoms with Crippen molar-refractivity contribution in [3.8, 4) is 0 Å². The van der Waals surface area contributed by atoms with Crippen LogP contribution in [0.15, 0.2) is 60.8 Å². The van der Waals surface area contributed by atoms with Crippen LogP contribution < -0.4 is 10.6 Å². The maximum absolute atomic E-state index is 13.7. The summed E-state index contributed by atoms with van der Waals surface area (Å²) < 4.78 is 0. The average Bonchev–Trinajstić information content (AvgIpc) is 3.29. The number of benzene rings is 2. The quantitative estimate of drug-likeness (QED) is 0.370. The number of carbonyl (C=O) groups excluding carboxylic acids is 2. The van der Waals surface area contributed by atoms with Crippen LogP contribution in [0.3, 0.4) is 0 Å². The zero-order chi connectivity index (χ0) is 25.4. The van der Waals surface area contributed by atoms with Gasteiger partial charge in [0.25, 0.3) is 0 Å². The monoisotopic (exact) mass is 497 g/mol. The summed E-state index contributed by atoms with van der Waals surface area (Å²) in [6.45, 7) is 2.43. The summed E-state index contributed by atoms with van der Waals surface area (Å²) in [4.78, 5) is 30.5. The third kappa shape index (κ3) is 5.05. The lowest BCUT2D eigenvalue weighted by Gasteiger charge is -2.54. The fourth-order valence-electron chi connectivity index (χ4n) is 7.94. The first-order valence-electron chi connectivity index (χ1n) is 14.1. The van der Waals surface area contributed by atoms with Gasteiger partial charge in [0.05, 0.1) is 0 Å². The van der Waals surface area contributed by atoms with E-state index in [0.29, 0.717) is 37.1 Å². The largest absolute Gasteiger partial charge is 0.361 e. The molecule has 7 rings (SSSR count). The number of aromatic nitrogens is 1. The molecule has 194 valence electrons. The van der Waals surface area contributed by atoms with Crippen molar-refractivity contribution in [2.45, 2.75) is 63.8 Å². The van der Waals surface area contributed by atoms with Crippen LogP contribution >= 0.6 is 0 Å². The number of aromatic amines is 1. The predicted molar refractivity (Wildman–Crippen MR) is 147 cm³/mol. The van der Waals surface area contributed by atoms with Gasteiger partial charge in [-0.15, -0.1) is 0 Å². The van der Waals surface area contributed by atoms with Gasteiger partial charge in [-0.2, -0.15) is 0 Å². The van der Waals surface area contributed by atoms with Crippen molar-refractivity contribution in [3.63, 3.8) is 0 Å². The Morgan fingerprint density at radius 1 is 0.919 bits per heavy atom. The van der Waals surface area contributed by atoms with Crippen LogP contribution in [0.2, 0.25) is 0 Å². The maximum atomic E-state index is 13.7. The number of amides is 2. The van der Waals surface area contributed by atoms with E-state index in [2.05, 4.69) is 33.8 Å². The first-order chi connectivity index (χ1) is 18.0. The first kappa shape index (κ1) is 24.3. The third-order valence-corrected chi connectivity index (χ3v) is 9.52. The van der Waals surface area contributed by atoms with E-state index >= 15 is 0 Å². The summed E-state index contributed by atoms with van der Waals surface area (Å²) in [7, 11) is 0. The number of hydrogen-bond acceptors (Lipinski definition) is 2. The van der Waals surface area contributed by atoms with E-state index in [1.54, 1.807) is 0 Å². The number of hydrogen-bond donors (Lipinski definition) is 3.